The van der Waals surface area contributed by atoms with E-state index in [9.17, 15) is 9.18 Å². The fourth-order valence-corrected chi connectivity index (χ4v) is 4.17. The van der Waals surface area contributed by atoms with Crippen LogP contribution in [-0.4, -0.2) is 23.1 Å². The number of benzene rings is 3. The summed E-state index contributed by atoms with van der Waals surface area (Å²) in [5.74, 6) is 0.621. The highest BCUT2D eigenvalue weighted by Gasteiger charge is 2.32. The second kappa shape index (κ2) is 9.52. The van der Waals surface area contributed by atoms with E-state index in [1.165, 1.54) is 29.2 Å². The Morgan fingerprint density at radius 3 is 2.66 bits per heavy atom. The van der Waals surface area contributed by atoms with Gasteiger partial charge in [0.2, 0.25) is 0 Å². The fourth-order valence-electron chi connectivity index (χ4n) is 3.88. The zero-order valence-corrected chi connectivity index (χ0v) is 19.5. The lowest BCUT2D eigenvalue weighted by atomic mass is 10.1. The van der Waals surface area contributed by atoms with Gasteiger partial charge in [-0.3, -0.25) is 14.7 Å². The molecule has 1 aliphatic heterocycles. The summed E-state index contributed by atoms with van der Waals surface area (Å²) < 4.78 is 24.9. The van der Waals surface area contributed by atoms with E-state index in [1.54, 1.807) is 19.4 Å². The van der Waals surface area contributed by atoms with E-state index in [0.717, 1.165) is 22.0 Å². The van der Waals surface area contributed by atoms with Crippen LogP contribution >= 0.6 is 12.2 Å². The van der Waals surface area contributed by atoms with Gasteiger partial charge in [0.25, 0.3) is 5.91 Å². The summed E-state index contributed by atoms with van der Waals surface area (Å²) >= 11 is 5.34. The maximum Gasteiger partial charge on any atom is 0.281 e. The number of nitrogens with zero attached hydrogens (tertiary/aromatic N) is 2. The van der Waals surface area contributed by atoms with Gasteiger partial charge in [-0.25, -0.2) is 4.39 Å². The molecule has 0 bridgehead atoms. The van der Waals surface area contributed by atoms with Gasteiger partial charge >= 0.3 is 0 Å². The molecule has 0 atom stereocenters. The number of rotatable bonds is 6. The Labute approximate surface area is 206 Å². The van der Waals surface area contributed by atoms with Crippen LogP contribution in [0.4, 0.5) is 10.1 Å². The number of carbonyl (C=O) groups is 1. The zero-order valence-electron chi connectivity index (χ0n) is 18.7. The monoisotopic (exact) mass is 485 g/mol. The number of amides is 1. The first kappa shape index (κ1) is 22.5. The molecule has 3 aromatic carbocycles. The Morgan fingerprint density at radius 2 is 1.86 bits per heavy atom. The lowest BCUT2D eigenvalue weighted by molar-refractivity contribution is -0.113. The third-order valence-electron chi connectivity index (χ3n) is 5.56. The first-order chi connectivity index (χ1) is 17.0. The molecule has 0 spiro atoms. The molecule has 1 fully saturated rings. The van der Waals surface area contributed by atoms with E-state index < -0.39 is 0 Å². The van der Waals surface area contributed by atoms with Crippen molar-refractivity contribution in [2.24, 2.45) is 0 Å². The molecular formula is C27H20FN3O3S. The molecule has 4 aromatic rings. The molecule has 8 heteroatoms. The van der Waals surface area contributed by atoms with Gasteiger partial charge in [-0.15, -0.1) is 0 Å². The van der Waals surface area contributed by atoms with Gasteiger partial charge in [-0.1, -0.05) is 24.3 Å². The van der Waals surface area contributed by atoms with Gasteiger partial charge in [0.05, 0.1) is 12.8 Å². The molecule has 0 unspecified atom stereocenters. The number of methoxy groups -OCH3 is 1. The molecule has 1 amide bonds. The summed E-state index contributed by atoms with van der Waals surface area (Å²) in [5.41, 5.74) is 3.15. The highest BCUT2D eigenvalue weighted by atomic mass is 32.1. The molecular weight excluding hydrogens is 465 g/mol. The molecule has 1 saturated heterocycles. The van der Waals surface area contributed by atoms with Crippen LogP contribution in [0.3, 0.4) is 0 Å². The Morgan fingerprint density at radius 1 is 1.06 bits per heavy atom. The van der Waals surface area contributed by atoms with Crippen molar-refractivity contribution in [2.75, 3.05) is 12.0 Å². The largest absolute Gasteiger partial charge is 0.496 e. The third-order valence-corrected chi connectivity index (χ3v) is 5.84. The van der Waals surface area contributed by atoms with Gasteiger partial charge in [-0.05, 0) is 72.4 Å². The van der Waals surface area contributed by atoms with Crippen molar-refractivity contribution in [1.82, 2.24) is 10.3 Å². The number of thiocarbonyl (C=S) groups is 1. The molecule has 1 aromatic heterocycles. The Bertz CT molecular complexity index is 1470. The van der Waals surface area contributed by atoms with E-state index in [2.05, 4.69) is 10.3 Å². The molecule has 6 nitrogen and oxygen atoms in total. The van der Waals surface area contributed by atoms with Crippen molar-refractivity contribution in [3.05, 3.63) is 102 Å². The first-order valence-electron chi connectivity index (χ1n) is 10.8. The minimum absolute atomic E-state index is 0.230. The SMILES string of the molecule is COc1ccc(C=C2NC(=S)N(c3ccc(F)cc3)C2=O)cc1COc1cccc2cccnc12. The van der Waals surface area contributed by atoms with E-state index >= 15 is 0 Å². The maximum absolute atomic E-state index is 13.3. The van der Waals surface area contributed by atoms with Crippen LogP contribution in [-0.2, 0) is 11.4 Å². The number of pyridine rings is 1. The average Bonchev–Trinajstić information content (AvgIpc) is 3.15. The fraction of sp³-hybridized carbons (Fsp3) is 0.0741. The van der Waals surface area contributed by atoms with E-state index in [4.69, 9.17) is 21.7 Å². The van der Waals surface area contributed by atoms with Gasteiger partial charge in [-0.2, -0.15) is 0 Å². The topological polar surface area (TPSA) is 63.7 Å². The van der Waals surface area contributed by atoms with Gasteiger partial charge in [0.15, 0.2) is 5.11 Å². The smallest absolute Gasteiger partial charge is 0.281 e. The Hall–Kier alpha value is -4.30. The quantitative estimate of drug-likeness (QED) is 0.298. The van der Waals surface area contributed by atoms with Crippen molar-refractivity contribution < 1.29 is 18.7 Å². The number of fused-ring (bicyclic) bond motifs is 1. The number of halogens is 1. The molecule has 0 aliphatic carbocycles. The van der Waals surface area contributed by atoms with Crippen molar-refractivity contribution in [3.63, 3.8) is 0 Å². The van der Waals surface area contributed by atoms with E-state index in [-0.39, 0.29) is 23.4 Å². The van der Waals surface area contributed by atoms with Crippen LogP contribution in [0.15, 0.2) is 84.7 Å². The number of hydrogen-bond donors (Lipinski definition) is 1. The lowest BCUT2D eigenvalue weighted by Crippen LogP contribution is -2.30. The highest BCUT2D eigenvalue weighted by Crippen LogP contribution is 2.28. The third kappa shape index (κ3) is 4.56. The van der Waals surface area contributed by atoms with Crippen molar-refractivity contribution in [3.8, 4) is 11.5 Å². The maximum atomic E-state index is 13.3. The molecule has 2 heterocycles. The van der Waals surface area contributed by atoms with Crippen LogP contribution in [0.1, 0.15) is 11.1 Å². The summed E-state index contributed by atoms with van der Waals surface area (Å²) in [4.78, 5) is 18.8. The van der Waals surface area contributed by atoms with Crippen LogP contribution in [0.5, 0.6) is 11.5 Å². The van der Waals surface area contributed by atoms with Crippen molar-refractivity contribution >= 4 is 45.9 Å². The molecule has 1 N–H and O–H groups in total. The van der Waals surface area contributed by atoms with Gasteiger partial charge in [0, 0.05) is 17.1 Å². The van der Waals surface area contributed by atoms with Crippen LogP contribution in [0.25, 0.3) is 17.0 Å². The van der Waals surface area contributed by atoms with Gasteiger partial charge < -0.3 is 14.8 Å². The van der Waals surface area contributed by atoms with Crippen LogP contribution in [0.2, 0.25) is 0 Å². The lowest BCUT2D eigenvalue weighted by Gasteiger charge is -2.13. The Balaban J connectivity index is 1.40. The summed E-state index contributed by atoms with van der Waals surface area (Å²) in [6, 6.07) is 20.8. The highest BCUT2D eigenvalue weighted by molar-refractivity contribution is 7.80. The molecule has 174 valence electrons. The summed E-state index contributed by atoms with van der Waals surface area (Å²) in [7, 11) is 1.59. The Kier molecular flexibility index (Phi) is 6.12. The van der Waals surface area contributed by atoms with Gasteiger partial charge in [0.1, 0.15) is 35.1 Å². The average molecular weight is 486 g/mol. The predicted molar refractivity (Wildman–Crippen MR) is 137 cm³/mol. The number of nitrogens with one attached hydrogen (secondary N) is 1. The summed E-state index contributed by atoms with van der Waals surface area (Å²) in [6.07, 6.45) is 3.44. The summed E-state index contributed by atoms with van der Waals surface area (Å²) in [5, 5.41) is 4.16. The van der Waals surface area contributed by atoms with E-state index in [1.807, 2.05) is 48.5 Å². The van der Waals surface area contributed by atoms with E-state index in [0.29, 0.717) is 22.9 Å². The van der Waals surface area contributed by atoms with Crippen molar-refractivity contribution in [1.29, 1.82) is 0 Å². The molecule has 0 saturated carbocycles. The number of ether oxygens (including phenoxy) is 2. The first-order valence-corrected chi connectivity index (χ1v) is 11.2. The number of anilines is 1. The predicted octanol–water partition coefficient (Wildman–Crippen LogP) is 5.22. The second-order valence-electron chi connectivity index (χ2n) is 7.80. The second-order valence-corrected chi connectivity index (χ2v) is 8.18. The van der Waals surface area contributed by atoms with Crippen molar-refractivity contribution in [2.45, 2.75) is 6.61 Å². The number of para-hydroxylation sites is 1. The standard InChI is InChI=1S/C27H20FN3O3S/c1-33-23-12-7-17(14-19(23)16-34-24-6-2-4-18-5-3-13-29-25(18)24)15-22-26(32)31(27(35)30-22)21-10-8-20(28)9-11-21/h2-15H,16H2,1H3,(H,30,35). The normalized spacial score (nSPS) is 14.5. The zero-order chi connectivity index (χ0) is 24.4. The minimum Gasteiger partial charge on any atom is -0.496 e. The number of carbonyl (C=O) groups excluding carboxylic acids is 1. The molecule has 5 rings (SSSR count). The number of aromatic nitrogens is 1. The van der Waals surface area contributed by atoms with Crippen LogP contribution in [0, 0.1) is 5.82 Å². The van der Waals surface area contributed by atoms with Crippen LogP contribution < -0.4 is 19.7 Å². The minimum atomic E-state index is -0.387. The molecule has 35 heavy (non-hydrogen) atoms. The number of hydrogen-bond acceptors (Lipinski definition) is 5. The molecule has 0 radical (unpaired) electrons. The molecule has 1 aliphatic rings. The summed E-state index contributed by atoms with van der Waals surface area (Å²) in [6.45, 7) is 0.247.